The maximum atomic E-state index is 12.2. The Kier molecular flexibility index (Phi) is 5.21. The third-order valence-corrected chi connectivity index (χ3v) is 5.10. The highest BCUT2D eigenvalue weighted by atomic mass is 79.9. The minimum atomic E-state index is 0.107. The van der Waals surface area contributed by atoms with E-state index in [1.807, 2.05) is 23.4 Å². The van der Waals surface area contributed by atoms with Gasteiger partial charge in [0.1, 0.15) is 0 Å². The zero-order valence-electron chi connectivity index (χ0n) is 10.5. The molecule has 0 aromatic carbocycles. The van der Waals surface area contributed by atoms with Gasteiger partial charge < -0.3 is 9.64 Å². The van der Waals surface area contributed by atoms with Crippen molar-refractivity contribution in [2.45, 2.75) is 19.3 Å². The van der Waals surface area contributed by atoms with Crippen LogP contribution in [0.4, 0.5) is 0 Å². The van der Waals surface area contributed by atoms with E-state index in [1.165, 1.54) is 0 Å². The molecule has 0 atom stereocenters. The molecule has 1 amide bonds. The number of thiophene rings is 1. The predicted octanol–water partition coefficient (Wildman–Crippen LogP) is 3.40. The maximum absolute atomic E-state index is 12.2. The van der Waals surface area contributed by atoms with Gasteiger partial charge in [-0.3, -0.25) is 4.79 Å². The van der Waals surface area contributed by atoms with Gasteiger partial charge in [0.25, 0.3) is 5.91 Å². The van der Waals surface area contributed by atoms with Crippen LogP contribution in [0.25, 0.3) is 0 Å². The molecule has 0 unspecified atom stereocenters. The fourth-order valence-electron chi connectivity index (χ4n) is 2.16. The number of ether oxygens (including phenoxy) is 1. The second kappa shape index (κ2) is 6.68. The number of carbonyl (C=O) groups is 1. The van der Waals surface area contributed by atoms with Gasteiger partial charge in [-0.05, 0) is 52.6 Å². The van der Waals surface area contributed by atoms with Crippen molar-refractivity contribution in [3.05, 3.63) is 20.8 Å². The third kappa shape index (κ3) is 3.56. The standard InChI is InChI=1S/C13H18BrNO2S/c1-15(6-2-10-3-7-17-8-4-10)13(16)11-5-9-18-12(11)14/h5,9-10H,2-4,6-8H2,1H3. The third-order valence-electron chi connectivity index (χ3n) is 3.41. The number of amides is 1. The van der Waals surface area contributed by atoms with E-state index in [0.717, 1.165) is 48.4 Å². The molecule has 1 saturated heterocycles. The van der Waals surface area contributed by atoms with Gasteiger partial charge in [-0.15, -0.1) is 11.3 Å². The molecule has 3 nitrogen and oxygen atoms in total. The molecule has 5 heteroatoms. The fourth-order valence-corrected chi connectivity index (χ4v) is 3.40. The van der Waals surface area contributed by atoms with Gasteiger partial charge in [-0.1, -0.05) is 0 Å². The summed E-state index contributed by atoms with van der Waals surface area (Å²) in [6.07, 6.45) is 3.34. The quantitative estimate of drug-likeness (QED) is 0.846. The summed E-state index contributed by atoms with van der Waals surface area (Å²) in [5.41, 5.74) is 0.773. The highest BCUT2D eigenvalue weighted by molar-refractivity contribution is 9.11. The number of hydrogen-bond acceptors (Lipinski definition) is 3. The molecule has 1 aliphatic heterocycles. The molecule has 0 N–H and O–H groups in total. The Morgan fingerprint density at radius 2 is 2.28 bits per heavy atom. The summed E-state index contributed by atoms with van der Waals surface area (Å²) in [7, 11) is 1.88. The molecule has 0 spiro atoms. The van der Waals surface area contributed by atoms with Crippen LogP contribution in [0.2, 0.25) is 0 Å². The van der Waals surface area contributed by atoms with Crippen LogP contribution < -0.4 is 0 Å². The van der Waals surface area contributed by atoms with Crippen LogP contribution in [0.3, 0.4) is 0 Å². The van der Waals surface area contributed by atoms with Gasteiger partial charge in [0.2, 0.25) is 0 Å². The Morgan fingerprint density at radius 3 is 2.89 bits per heavy atom. The molecule has 1 aliphatic rings. The summed E-state index contributed by atoms with van der Waals surface area (Å²) >= 11 is 4.97. The Balaban J connectivity index is 1.82. The lowest BCUT2D eigenvalue weighted by Crippen LogP contribution is -2.30. The first-order valence-electron chi connectivity index (χ1n) is 6.24. The molecular formula is C13H18BrNO2S. The number of halogens is 1. The van der Waals surface area contributed by atoms with Crippen LogP contribution in [-0.2, 0) is 4.74 Å². The zero-order valence-corrected chi connectivity index (χ0v) is 12.9. The van der Waals surface area contributed by atoms with Crippen molar-refractivity contribution in [2.24, 2.45) is 5.92 Å². The maximum Gasteiger partial charge on any atom is 0.255 e. The average molecular weight is 332 g/mol. The molecule has 0 saturated carbocycles. The number of hydrogen-bond donors (Lipinski definition) is 0. The Bertz CT molecular complexity index is 401. The van der Waals surface area contributed by atoms with E-state index in [0.29, 0.717) is 5.92 Å². The van der Waals surface area contributed by atoms with Crippen molar-refractivity contribution in [1.29, 1.82) is 0 Å². The van der Waals surface area contributed by atoms with Crippen molar-refractivity contribution < 1.29 is 9.53 Å². The van der Waals surface area contributed by atoms with Crippen molar-refractivity contribution in [1.82, 2.24) is 4.90 Å². The Morgan fingerprint density at radius 1 is 1.56 bits per heavy atom. The minimum absolute atomic E-state index is 0.107. The number of nitrogens with zero attached hydrogens (tertiary/aromatic N) is 1. The minimum Gasteiger partial charge on any atom is -0.381 e. The molecule has 2 heterocycles. The lowest BCUT2D eigenvalue weighted by atomic mass is 9.96. The van der Waals surface area contributed by atoms with Gasteiger partial charge in [-0.2, -0.15) is 0 Å². The van der Waals surface area contributed by atoms with E-state index >= 15 is 0 Å². The van der Waals surface area contributed by atoms with E-state index in [1.54, 1.807) is 11.3 Å². The summed E-state index contributed by atoms with van der Waals surface area (Å²) in [5.74, 6) is 0.815. The first-order valence-corrected chi connectivity index (χ1v) is 7.92. The average Bonchev–Trinajstić information content (AvgIpc) is 2.82. The molecule has 0 bridgehead atoms. The molecule has 1 fully saturated rings. The van der Waals surface area contributed by atoms with E-state index in [9.17, 15) is 4.79 Å². The lowest BCUT2D eigenvalue weighted by molar-refractivity contribution is 0.0583. The highest BCUT2D eigenvalue weighted by Crippen LogP contribution is 2.25. The molecule has 1 aromatic rings. The van der Waals surface area contributed by atoms with Crippen molar-refractivity contribution >= 4 is 33.2 Å². The molecule has 0 aliphatic carbocycles. The van der Waals surface area contributed by atoms with Crippen LogP contribution in [0.1, 0.15) is 29.6 Å². The van der Waals surface area contributed by atoms with Gasteiger partial charge >= 0.3 is 0 Å². The second-order valence-corrected chi connectivity index (χ2v) is 6.91. The lowest BCUT2D eigenvalue weighted by Gasteiger charge is -2.24. The van der Waals surface area contributed by atoms with Crippen molar-refractivity contribution in [3.8, 4) is 0 Å². The smallest absolute Gasteiger partial charge is 0.255 e. The van der Waals surface area contributed by atoms with Crippen LogP contribution in [-0.4, -0.2) is 37.6 Å². The number of carbonyl (C=O) groups excluding carboxylic acids is 1. The first kappa shape index (κ1) is 14.0. The van der Waals surface area contributed by atoms with E-state index in [-0.39, 0.29) is 5.91 Å². The van der Waals surface area contributed by atoms with E-state index < -0.39 is 0 Å². The largest absolute Gasteiger partial charge is 0.381 e. The SMILES string of the molecule is CN(CCC1CCOCC1)C(=O)c1ccsc1Br. The fraction of sp³-hybridized carbons (Fsp3) is 0.615. The van der Waals surface area contributed by atoms with E-state index in [4.69, 9.17) is 4.74 Å². The first-order chi connectivity index (χ1) is 8.68. The summed E-state index contributed by atoms with van der Waals surface area (Å²) in [6.45, 7) is 2.57. The topological polar surface area (TPSA) is 29.5 Å². The van der Waals surface area contributed by atoms with Crippen LogP contribution in [0.5, 0.6) is 0 Å². The van der Waals surface area contributed by atoms with Crippen LogP contribution in [0.15, 0.2) is 15.2 Å². The van der Waals surface area contributed by atoms with Crippen LogP contribution in [0, 0.1) is 5.92 Å². The zero-order chi connectivity index (χ0) is 13.0. The van der Waals surface area contributed by atoms with Gasteiger partial charge in [0, 0.05) is 26.8 Å². The second-order valence-electron chi connectivity index (χ2n) is 4.68. The van der Waals surface area contributed by atoms with Gasteiger partial charge in [0.15, 0.2) is 0 Å². The van der Waals surface area contributed by atoms with E-state index in [2.05, 4.69) is 15.9 Å². The van der Waals surface area contributed by atoms with Gasteiger partial charge in [-0.25, -0.2) is 0 Å². The molecule has 100 valence electrons. The normalized spacial score (nSPS) is 16.8. The summed E-state index contributed by atoms with van der Waals surface area (Å²) in [6, 6.07) is 1.88. The molecule has 1 aromatic heterocycles. The monoisotopic (exact) mass is 331 g/mol. The molecule has 18 heavy (non-hydrogen) atoms. The molecule has 2 rings (SSSR count). The summed E-state index contributed by atoms with van der Waals surface area (Å²) in [5, 5.41) is 1.93. The highest BCUT2D eigenvalue weighted by Gasteiger charge is 2.18. The Labute approximate surface area is 120 Å². The Hall–Kier alpha value is -0.390. The summed E-state index contributed by atoms with van der Waals surface area (Å²) < 4.78 is 6.26. The van der Waals surface area contributed by atoms with Crippen molar-refractivity contribution in [2.75, 3.05) is 26.8 Å². The van der Waals surface area contributed by atoms with Crippen molar-refractivity contribution in [3.63, 3.8) is 0 Å². The molecular weight excluding hydrogens is 314 g/mol. The van der Waals surface area contributed by atoms with Crippen LogP contribution >= 0.6 is 27.3 Å². The van der Waals surface area contributed by atoms with Gasteiger partial charge in [0.05, 0.1) is 9.35 Å². The summed E-state index contributed by atoms with van der Waals surface area (Å²) in [4.78, 5) is 14.0. The molecule has 0 radical (unpaired) electrons. The predicted molar refractivity (Wildman–Crippen MR) is 77.1 cm³/mol. The number of rotatable bonds is 4.